The number of aryl methyl sites for hydroxylation is 1. The van der Waals surface area contributed by atoms with Crippen molar-refractivity contribution < 1.29 is 9.59 Å². The summed E-state index contributed by atoms with van der Waals surface area (Å²) in [6.45, 7) is 6.56. The second-order valence-electron chi connectivity index (χ2n) is 6.78. The molecule has 26 heavy (non-hydrogen) atoms. The SMILES string of the molecule is CCN(CC)C(=O)C1CCCN(C(=O)Nc2ccc3c(c2)ncn3C)C1. The zero-order valence-corrected chi connectivity index (χ0v) is 15.7. The van der Waals surface area contributed by atoms with Crippen LogP contribution in [-0.4, -0.2) is 57.5 Å². The number of hydrogen-bond donors (Lipinski definition) is 1. The molecule has 1 saturated heterocycles. The predicted molar refractivity (Wildman–Crippen MR) is 102 cm³/mol. The molecule has 0 radical (unpaired) electrons. The molecule has 1 fully saturated rings. The highest BCUT2D eigenvalue weighted by Crippen LogP contribution is 2.21. The van der Waals surface area contributed by atoms with E-state index in [-0.39, 0.29) is 17.9 Å². The number of aromatic nitrogens is 2. The van der Waals surface area contributed by atoms with Crippen molar-refractivity contribution >= 4 is 28.7 Å². The van der Waals surface area contributed by atoms with Gasteiger partial charge in [0.05, 0.1) is 23.3 Å². The van der Waals surface area contributed by atoms with Crippen LogP contribution < -0.4 is 5.32 Å². The van der Waals surface area contributed by atoms with Gasteiger partial charge in [0.25, 0.3) is 0 Å². The molecule has 1 N–H and O–H groups in total. The predicted octanol–water partition coefficient (Wildman–Crippen LogP) is 2.69. The van der Waals surface area contributed by atoms with Gasteiger partial charge in [-0.1, -0.05) is 0 Å². The van der Waals surface area contributed by atoms with Crippen LogP contribution >= 0.6 is 0 Å². The summed E-state index contributed by atoms with van der Waals surface area (Å²) in [4.78, 5) is 33.2. The number of rotatable bonds is 4. The summed E-state index contributed by atoms with van der Waals surface area (Å²) in [6.07, 6.45) is 3.45. The first-order valence-corrected chi connectivity index (χ1v) is 9.29. The third-order valence-electron chi connectivity index (χ3n) is 5.11. The first-order valence-electron chi connectivity index (χ1n) is 9.29. The fourth-order valence-electron chi connectivity index (χ4n) is 3.57. The first kappa shape index (κ1) is 18.2. The van der Waals surface area contributed by atoms with Gasteiger partial charge in [-0.05, 0) is 44.9 Å². The van der Waals surface area contributed by atoms with E-state index < -0.39 is 0 Å². The molecule has 1 aliphatic rings. The molecule has 0 saturated carbocycles. The number of carbonyl (C=O) groups is 2. The highest BCUT2D eigenvalue weighted by Gasteiger charge is 2.30. The lowest BCUT2D eigenvalue weighted by Gasteiger charge is -2.34. The highest BCUT2D eigenvalue weighted by atomic mass is 16.2. The molecule has 1 aliphatic heterocycles. The standard InChI is InChI=1S/C19H27N5O2/c1-4-23(5-2)18(25)14-7-6-10-24(12-14)19(26)21-15-8-9-17-16(11-15)20-13-22(17)3/h8-9,11,13-14H,4-7,10,12H2,1-3H3,(H,21,26). The van der Waals surface area contributed by atoms with E-state index in [1.165, 1.54) is 0 Å². The summed E-state index contributed by atoms with van der Waals surface area (Å²) in [5, 5.41) is 2.94. The zero-order valence-electron chi connectivity index (χ0n) is 15.7. The Morgan fingerprint density at radius 1 is 1.31 bits per heavy atom. The average Bonchev–Trinajstić information content (AvgIpc) is 3.03. The normalized spacial score (nSPS) is 17.3. The van der Waals surface area contributed by atoms with E-state index in [1.807, 2.05) is 48.6 Å². The van der Waals surface area contributed by atoms with Crippen LogP contribution in [0.1, 0.15) is 26.7 Å². The van der Waals surface area contributed by atoms with Gasteiger partial charge >= 0.3 is 6.03 Å². The molecule has 1 unspecified atom stereocenters. The number of hydrogen-bond acceptors (Lipinski definition) is 3. The Kier molecular flexibility index (Phi) is 5.44. The molecule has 3 rings (SSSR count). The van der Waals surface area contributed by atoms with Crippen molar-refractivity contribution in [3.63, 3.8) is 0 Å². The van der Waals surface area contributed by atoms with Gasteiger partial charge < -0.3 is 19.7 Å². The van der Waals surface area contributed by atoms with Gasteiger partial charge in [-0.15, -0.1) is 0 Å². The van der Waals surface area contributed by atoms with Gasteiger partial charge in [0.15, 0.2) is 0 Å². The zero-order chi connectivity index (χ0) is 18.7. The lowest BCUT2D eigenvalue weighted by molar-refractivity contribution is -0.136. The number of carbonyl (C=O) groups excluding carboxylic acids is 2. The average molecular weight is 357 g/mol. The van der Waals surface area contributed by atoms with E-state index in [0.717, 1.165) is 29.6 Å². The van der Waals surface area contributed by atoms with Crippen molar-refractivity contribution in [1.29, 1.82) is 0 Å². The van der Waals surface area contributed by atoms with Gasteiger partial charge in [0.2, 0.25) is 5.91 Å². The minimum absolute atomic E-state index is 0.104. The fourth-order valence-corrected chi connectivity index (χ4v) is 3.57. The number of imidazole rings is 1. The van der Waals surface area contributed by atoms with Crippen molar-refractivity contribution in [1.82, 2.24) is 19.4 Å². The van der Waals surface area contributed by atoms with Crippen LogP contribution in [0, 0.1) is 5.92 Å². The van der Waals surface area contributed by atoms with E-state index in [1.54, 1.807) is 11.2 Å². The number of benzene rings is 1. The molecule has 7 nitrogen and oxygen atoms in total. The summed E-state index contributed by atoms with van der Waals surface area (Å²) < 4.78 is 1.94. The number of amides is 3. The van der Waals surface area contributed by atoms with E-state index in [4.69, 9.17) is 0 Å². The summed E-state index contributed by atoms with van der Waals surface area (Å²) in [7, 11) is 1.94. The van der Waals surface area contributed by atoms with Gasteiger partial charge in [-0.25, -0.2) is 9.78 Å². The molecular formula is C19H27N5O2. The Morgan fingerprint density at radius 3 is 2.81 bits per heavy atom. The van der Waals surface area contributed by atoms with Crippen LogP contribution in [0.15, 0.2) is 24.5 Å². The van der Waals surface area contributed by atoms with E-state index >= 15 is 0 Å². The first-order chi connectivity index (χ1) is 12.5. The van der Waals surface area contributed by atoms with E-state index in [9.17, 15) is 9.59 Å². The van der Waals surface area contributed by atoms with Crippen LogP contribution in [0.25, 0.3) is 11.0 Å². The highest BCUT2D eigenvalue weighted by molar-refractivity contribution is 5.92. The smallest absolute Gasteiger partial charge is 0.321 e. The van der Waals surface area contributed by atoms with Crippen molar-refractivity contribution in [2.45, 2.75) is 26.7 Å². The van der Waals surface area contributed by atoms with Crippen LogP contribution in [0.2, 0.25) is 0 Å². The Balaban J connectivity index is 1.65. The third-order valence-corrected chi connectivity index (χ3v) is 5.11. The lowest BCUT2D eigenvalue weighted by Crippen LogP contribution is -2.47. The van der Waals surface area contributed by atoms with Gasteiger partial charge in [0.1, 0.15) is 0 Å². The molecule has 0 aliphatic carbocycles. The summed E-state index contributed by atoms with van der Waals surface area (Å²) in [5.74, 6) is 0.0510. The number of anilines is 1. The van der Waals surface area contributed by atoms with E-state index in [0.29, 0.717) is 26.2 Å². The number of likely N-dealkylation sites (tertiary alicyclic amines) is 1. The third kappa shape index (κ3) is 3.66. The molecular weight excluding hydrogens is 330 g/mol. The molecule has 3 amide bonds. The van der Waals surface area contributed by atoms with Crippen molar-refractivity contribution in [2.24, 2.45) is 13.0 Å². The number of nitrogens with one attached hydrogen (secondary N) is 1. The largest absolute Gasteiger partial charge is 0.343 e. The van der Waals surface area contributed by atoms with Crippen LogP contribution in [0.5, 0.6) is 0 Å². The van der Waals surface area contributed by atoms with Crippen molar-refractivity contribution in [3.8, 4) is 0 Å². The molecule has 1 atom stereocenters. The van der Waals surface area contributed by atoms with E-state index in [2.05, 4.69) is 10.3 Å². The topological polar surface area (TPSA) is 70.5 Å². The summed E-state index contributed by atoms with van der Waals surface area (Å²) >= 11 is 0. The fraction of sp³-hybridized carbons (Fsp3) is 0.526. The Bertz CT molecular complexity index is 796. The summed E-state index contributed by atoms with van der Waals surface area (Å²) in [5.41, 5.74) is 2.59. The van der Waals surface area contributed by atoms with Crippen LogP contribution in [-0.2, 0) is 11.8 Å². The second-order valence-corrected chi connectivity index (χ2v) is 6.78. The molecule has 1 aromatic heterocycles. The van der Waals surface area contributed by atoms with Crippen LogP contribution in [0.4, 0.5) is 10.5 Å². The van der Waals surface area contributed by atoms with Gasteiger partial charge in [0, 0.05) is 38.9 Å². The Morgan fingerprint density at radius 2 is 2.08 bits per heavy atom. The minimum atomic E-state index is -0.155. The maximum atomic E-state index is 12.7. The maximum absolute atomic E-state index is 12.7. The number of fused-ring (bicyclic) bond motifs is 1. The minimum Gasteiger partial charge on any atom is -0.343 e. The molecule has 140 valence electrons. The number of piperidine rings is 1. The Labute approximate surface area is 154 Å². The molecule has 1 aromatic carbocycles. The van der Waals surface area contributed by atoms with Gasteiger partial charge in [-0.3, -0.25) is 4.79 Å². The number of urea groups is 1. The maximum Gasteiger partial charge on any atom is 0.321 e. The molecule has 0 bridgehead atoms. The van der Waals surface area contributed by atoms with Gasteiger partial charge in [-0.2, -0.15) is 0 Å². The van der Waals surface area contributed by atoms with Crippen molar-refractivity contribution in [2.75, 3.05) is 31.5 Å². The monoisotopic (exact) mass is 357 g/mol. The quantitative estimate of drug-likeness (QED) is 0.914. The molecule has 2 heterocycles. The number of nitrogens with zero attached hydrogens (tertiary/aromatic N) is 4. The summed E-state index contributed by atoms with van der Waals surface area (Å²) in [6, 6.07) is 5.54. The Hall–Kier alpha value is -2.57. The lowest BCUT2D eigenvalue weighted by atomic mass is 9.96. The van der Waals surface area contributed by atoms with Crippen molar-refractivity contribution in [3.05, 3.63) is 24.5 Å². The molecule has 7 heteroatoms. The van der Waals surface area contributed by atoms with Crippen LogP contribution in [0.3, 0.4) is 0 Å². The molecule has 0 spiro atoms. The second kappa shape index (κ2) is 7.76. The molecule has 2 aromatic rings.